The molecule has 0 aliphatic carbocycles. The van der Waals surface area contributed by atoms with Crippen molar-refractivity contribution >= 4 is 22.9 Å². The standard InChI is InChI=1S/C14H20N2OS/c1-10-2-3-12(14(15)18)13(8-10)16-6-4-11(9-16)5-7-17/h2-3,8,11,17H,4-7,9H2,1H3,(H2,15,18). The lowest BCUT2D eigenvalue weighted by Crippen LogP contribution is -2.24. The largest absolute Gasteiger partial charge is 0.396 e. The number of benzene rings is 1. The van der Waals surface area contributed by atoms with Gasteiger partial charge < -0.3 is 15.7 Å². The Balaban J connectivity index is 2.23. The van der Waals surface area contributed by atoms with Gasteiger partial charge in [0.05, 0.1) is 0 Å². The van der Waals surface area contributed by atoms with Crippen molar-refractivity contribution in [2.75, 3.05) is 24.6 Å². The number of thiocarbonyl (C=S) groups is 1. The molecule has 1 heterocycles. The number of aryl methyl sites for hydroxylation is 1. The van der Waals surface area contributed by atoms with E-state index in [-0.39, 0.29) is 6.61 Å². The normalized spacial score (nSPS) is 19.2. The Morgan fingerprint density at radius 1 is 1.56 bits per heavy atom. The summed E-state index contributed by atoms with van der Waals surface area (Å²) in [5.74, 6) is 0.578. The number of nitrogens with zero attached hydrogens (tertiary/aromatic N) is 1. The quantitative estimate of drug-likeness (QED) is 0.815. The van der Waals surface area contributed by atoms with Crippen LogP contribution >= 0.6 is 12.2 Å². The molecule has 4 heteroatoms. The predicted octanol–water partition coefficient (Wildman–Crippen LogP) is 1.84. The van der Waals surface area contributed by atoms with E-state index in [0.29, 0.717) is 10.9 Å². The summed E-state index contributed by atoms with van der Waals surface area (Å²) in [6, 6.07) is 6.20. The molecule has 18 heavy (non-hydrogen) atoms. The minimum absolute atomic E-state index is 0.272. The number of nitrogens with two attached hydrogens (primary N) is 1. The SMILES string of the molecule is Cc1ccc(C(N)=S)c(N2CCC(CCO)C2)c1. The van der Waals surface area contributed by atoms with Crippen molar-refractivity contribution in [3.05, 3.63) is 29.3 Å². The zero-order valence-corrected chi connectivity index (χ0v) is 11.5. The van der Waals surface area contributed by atoms with E-state index in [4.69, 9.17) is 23.1 Å². The molecule has 1 aromatic carbocycles. The summed E-state index contributed by atoms with van der Waals surface area (Å²) in [5.41, 5.74) is 9.11. The molecule has 98 valence electrons. The average Bonchev–Trinajstić information content (AvgIpc) is 2.77. The smallest absolute Gasteiger partial charge is 0.106 e. The molecule has 0 aromatic heterocycles. The lowest BCUT2D eigenvalue weighted by atomic mass is 10.1. The van der Waals surface area contributed by atoms with Gasteiger partial charge in [-0.3, -0.25) is 0 Å². The van der Waals surface area contributed by atoms with Crippen LogP contribution in [-0.2, 0) is 0 Å². The van der Waals surface area contributed by atoms with E-state index in [9.17, 15) is 0 Å². The van der Waals surface area contributed by atoms with Gasteiger partial charge in [0.15, 0.2) is 0 Å². The first-order valence-corrected chi connectivity index (χ1v) is 6.79. The highest BCUT2D eigenvalue weighted by Gasteiger charge is 2.24. The molecule has 1 atom stereocenters. The van der Waals surface area contributed by atoms with E-state index < -0.39 is 0 Å². The minimum atomic E-state index is 0.272. The second-order valence-electron chi connectivity index (χ2n) is 5.00. The van der Waals surface area contributed by atoms with Crippen LogP contribution in [0.3, 0.4) is 0 Å². The van der Waals surface area contributed by atoms with Crippen molar-refractivity contribution in [3.8, 4) is 0 Å². The Hall–Kier alpha value is -1.13. The van der Waals surface area contributed by atoms with E-state index in [1.54, 1.807) is 0 Å². The molecule has 3 N–H and O–H groups in total. The monoisotopic (exact) mass is 264 g/mol. The number of anilines is 1. The summed E-state index contributed by atoms with van der Waals surface area (Å²) in [4.78, 5) is 2.79. The second kappa shape index (κ2) is 5.67. The number of hydrogen-bond donors (Lipinski definition) is 2. The van der Waals surface area contributed by atoms with Crippen molar-refractivity contribution in [2.45, 2.75) is 19.8 Å². The fourth-order valence-corrected chi connectivity index (χ4v) is 2.75. The third-order valence-electron chi connectivity index (χ3n) is 3.58. The van der Waals surface area contributed by atoms with Crippen molar-refractivity contribution < 1.29 is 5.11 Å². The molecular weight excluding hydrogens is 244 g/mol. The first-order chi connectivity index (χ1) is 8.61. The second-order valence-corrected chi connectivity index (χ2v) is 5.44. The van der Waals surface area contributed by atoms with Gasteiger partial charge in [0.1, 0.15) is 4.99 Å². The van der Waals surface area contributed by atoms with Crippen LogP contribution in [0, 0.1) is 12.8 Å². The number of aliphatic hydroxyl groups excluding tert-OH is 1. The van der Waals surface area contributed by atoms with Gasteiger partial charge in [0.25, 0.3) is 0 Å². The van der Waals surface area contributed by atoms with Crippen LogP contribution < -0.4 is 10.6 Å². The topological polar surface area (TPSA) is 49.5 Å². The maximum absolute atomic E-state index is 9.01. The fraction of sp³-hybridized carbons (Fsp3) is 0.500. The Labute approximate surface area is 114 Å². The van der Waals surface area contributed by atoms with Gasteiger partial charge in [-0.15, -0.1) is 0 Å². The lowest BCUT2D eigenvalue weighted by Gasteiger charge is -2.22. The number of aliphatic hydroxyl groups is 1. The van der Waals surface area contributed by atoms with Gasteiger partial charge in [0.2, 0.25) is 0 Å². The third kappa shape index (κ3) is 2.82. The summed E-state index contributed by atoms with van der Waals surface area (Å²) in [6.45, 7) is 4.35. The van der Waals surface area contributed by atoms with Gasteiger partial charge in [-0.25, -0.2) is 0 Å². The molecule has 1 aliphatic rings. The third-order valence-corrected chi connectivity index (χ3v) is 3.80. The molecule has 1 fully saturated rings. The number of rotatable bonds is 4. The molecule has 0 saturated carbocycles. The molecule has 1 saturated heterocycles. The molecule has 1 unspecified atom stereocenters. The van der Waals surface area contributed by atoms with E-state index in [0.717, 1.165) is 37.2 Å². The van der Waals surface area contributed by atoms with Gasteiger partial charge in [-0.1, -0.05) is 18.3 Å². The van der Waals surface area contributed by atoms with E-state index in [1.807, 2.05) is 12.1 Å². The Morgan fingerprint density at radius 2 is 2.33 bits per heavy atom. The van der Waals surface area contributed by atoms with Crippen molar-refractivity contribution in [2.24, 2.45) is 11.7 Å². The predicted molar refractivity (Wildman–Crippen MR) is 79.1 cm³/mol. The molecule has 0 bridgehead atoms. The highest BCUT2D eigenvalue weighted by atomic mass is 32.1. The molecule has 0 radical (unpaired) electrons. The maximum Gasteiger partial charge on any atom is 0.106 e. The van der Waals surface area contributed by atoms with E-state index >= 15 is 0 Å². The van der Waals surface area contributed by atoms with Crippen LogP contribution in [0.1, 0.15) is 24.0 Å². The van der Waals surface area contributed by atoms with Crippen molar-refractivity contribution in [1.29, 1.82) is 0 Å². The van der Waals surface area contributed by atoms with Crippen LogP contribution in [0.4, 0.5) is 5.69 Å². The fourth-order valence-electron chi connectivity index (χ4n) is 2.58. The maximum atomic E-state index is 9.01. The zero-order chi connectivity index (χ0) is 13.1. The first kappa shape index (κ1) is 13.3. The molecule has 3 nitrogen and oxygen atoms in total. The van der Waals surface area contributed by atoms with Gasteiger partial charge in [0, 0.05) is 30.9 Å². The van der Waals surface area contributed by atoms with Crippen LogP contribution in [0.5, 0.6) is 0 Å². The number of hydrogen-bond acceptors (Lipinski definition) is 3. The molecule has 2 rings (SSSR count). The highest BCUT2D eigenvalue weighted by molar-refractivity contribution is 7.80. The summed E-state index contributed by atoms with van der Waals surface area (Å²) in [6.07, 6.45) is 2.01. The van der Waals surface area contributed by atoms with E-state index in [1.165, 1.54) is 5.56 Å². The van der Waals surface area contributed by atoms with Crippen LogP contribution in [-0.4, -0.2) is 29.8 Å². The molecule has 1 aliphatic heterocycles. The molecule has 0 amide bonds. The first-order valence-electron chi connectivity index (χ1n) is 6.38. The molecule has 0 spiro atoms. The van der Waals surface area contributed by atoms with Gasteiger partial charge in [-0.2, -0.15) is 0 Å². The van der Waals surface area contributed by atoms with Crippen LogP contribution in [0.2, 0.25) is 0 Å². The van der Waals surface area contributed by atoms with Crippen molar-refractivity contribution in [3.63, 3.8) is 0 Å². The zero-order valence-electron chi connectivity index (χ0n) is 10.7. The average molecular weight is 264 g/mol. The Morgan fingerprint density at radius 3 is 3.00 bits per heavy atom. The molecular formula is C14H20N2OS. The summed E-state index contributed by atoms with van der Waals surface area (Å²) in [5, 5.41) is 9.01. The van der Waals surface area contributed by atoms with Crippen LogP contribution in [0.15, 0.2) is 18.2 Å². The van der Waals surface area contributed by atoms with Gasteiger partial charge >= 0.3 is 0 Å². The lowest BCUT2D eigenvalue weighted by molar-refractivity contribution is 0.263. The van der Waals surface area contributed by atoms with Gasteiger partial charge in [-0.05, 0) is 43.4 Å². The Kier molecular flexibility index (Phi) is 4.19. The van der Waals surface area contributed by atoms with Crippen LogP contribution in [0.25, 0.3) is 0 Å². The Bertz CT molecular complexity index is 447. The summed E-state index contributed by atoms with van der Waals surface area (Å²) >= 11 is 5.12. The minimum Gasteiger partial charge on any atom is -0.396 e. The molecule has 1 aromatic rings. The summed E-state index contributed by atoms with van der Waals surface area (Å²) in [7, 11) is 0. The highest BCUT2D eigenvalue weighted by Crippen LogP contribution is 2.29. The summed E-state index contributed by atoms with van der Waals surface area (Å²) < 4.78 is 0. The van der Waals surface area contributed by atoms with Crippen molar-refractivity contribution in [1.82, 2.24) is 0 Å². The van der Waals surface area contributed by atoms with E-state index in [2.05, 4.69) is 17.9 Å².